The van der Waals surface area contributed by atoms with Gasteiger partial charge in [0.05, 0.1) is 5.56 Å². The van der Waals surface area contributed by atoms with Crippen molar-refractivity contribution in [3.8, 4) is 0 Å². The van der Waals surface area contributed by atoms with Gasteiger partial charge in [0.25, 0.3) is 0 Å². The van der Waals surface area contributed by atoms with E-state index in [0.717, 1.165) is 50.5 Å². The van der Waals surface area contributed by atoms with Crippen LogP contribution in [0.25, 0.3) is 0 Å². The summed E-state index contributed by atoms with van der Waals surface area (Å²) in [6, 6.07) is 0. The van der Waals surface area contributed by atoms with Crippen LogP contribution in [0.5, 0.6) is 0 Å². The normalized spacial score (nSPS) is 32.0. The highest BCUT2D eigenvalue weighted by Gasteiger charge is 2.54. The van der Waals surface area contributed by atoms with Gasteiger partial charge in [0.1, 0.15) is 5.00 Å². The number of ether oxygens (including phenoxy) is 1. The summed E-state index contributed by atoms with van der Waals surface area (Å²) in [5, 5.41) is 3.38. The highest BCUT2D eigenvalue weighted by atomic mass is 32.1. The van der Waals surface area contributed by atoms with Crippen LogP contribution in [-0.2, 0) is 27.2 Å². The summed E-state index contributed by atoms with van der Waals surface area (Å²) < 4.78 is 5.59. The lowest BCUT2D eigenvalue weighted by Crippen LogP contribution is -2.51. The molecule has 0 atom stereocenters. The Labute approximate surface area is 175 Å². The monoisotopic (exact) mass is 415 g/mol. The molecule has 4 saturated carbocycles. The molecule has 1 aromatic rings. The predicted octanol–water partition coefficient (Wildman–Crippen LogP) is 4.53. The molecule has 0 unspecified atom stereocenters. The van der Waals surface area contributed by atoms with Crippen LogP contribution in [0.1, 0.15) is 79.1 Å². The molecule has 156 valence electrons. The van der Waals surface area contributed by atoms with E-state index in [1.165, 1.54) is 42.4 Å². The Balaban J connectivity index is 1.32. The number of esters is 1. The Bertz CT molecular complexity index is 835. The van der Waals surface area contributed by atoms with Crippen molar-refractivity contribution in [1.82, 2.24) is 0 Å². The largest absolute Gasteiger partial charge is 0.454 e. The van der Waals surface area contributed by atoms with Gasteiger partial charge < -0.3 is 10.1 Å². The Hall–Kier alpha value is -1.69. The molecule has 4 fully saturated rings. The average Bonchev–Trinajstić information content (AvgIpc) is 3.01. The van der Waals surface area contributed by atoms with E-state index in [1.54, 1.807) is 0 Å². The van der Waals surface area contributed by atoms with Gasteiger partial charge in [-0.2, -0.15) is 0 Å². The number of anilines is 1. The van der Waals surface area contributed by atoms with Crippen LogP contribution in [0.4, 0.5) is 5.00 Å². The Kier molecular flexibility index (Phi) is 4.80. The highest BCUT2D eigenvalue weighted by molar-refractivity contribution is 7.17. The van der Waals surface area contributed by atoms with Crippen LogP contribution in [-0.4, -0.2) is 24.3 Å². The molecule has 1 heterocycles. The third kappa shape index (κ3) is 3.43. The summed E-state index contributed by atoms with van der Waals surface area (Å²) in [6.07, 6.45) is 10.7. The number of carbonyl (C=O) groups is 3. The molecule has 29 heavy (non-hydrogen) atoms. The summed E-state index contributed by atoms with van der Waals surface area (Å²) in [6.45, 7) is 1.32. The minimum absolute atomic E-state index is 0.120. The molecule has 1 aromatic heterocycles. The second-order valence-electron chi connectivity index (χ2n) is 9.79. The van der Waals surface area contributed by atoms with Crippen molar-refractivity contribution >= 4 is 34.0 Å². The maximum Gasteiger partial charge on any atom is 0.341 e. The van der Waals surface area contributed by atoms with Gasteiger partial charge in [-0.3, -0.25) is 9.59 Å². The first-order valence-corrected chi connectivity index (χ1v) is 11.9. The van der Waals surface area contributed by atoms with Crippen LogP contribution < -0.4 is 5.32 Å². The van der Waals surface area contributed by atoms with Crippen molar-refractivity contribution in [2.24, 2.45) is 23.2 Å². The smallest absolute Gasteiger partial charge is 0.341 e. The summed E-state index contributed by atoms with van der Waals surface area (Å²) in [5.74, 6) is 1.55. The predicted molar refractivity (Wildman–Crippen MR) is 111 cm³/mol. The molecule has 5 nitrogen and oxygen atoms in total. The third-order valence-corrected chi connectivity index (χ3v) is 8.84. The number of Topliss-reactive ketones (excluding diaryl/α,β-unsaturated/α-hetero) is 1. The first-order valence-electron chi connectivity index (χ1n) is 11.1. The van der Waals surface area contributed by atoms with E-state index in [-0.39, 0.29) is 23.7 Å². The zero-order valence-electron chi connectivity index (χ0n) is 17.1. The SMILES string of the molecule is CC(=O)Nc1sc2c(c1C(=O)OCC(=O)C13CC4CC(CC(C4)C1)C3)CCCC2. The van der Waals surface area contributed by atoms with E-state index in [1.807, 2.05) is 0 Å². The molecule has 1 N–H and O–H groups in total. The summed E-state index contributed by atoms with van der Waals surface area (Å²) >= 11 is 1.48. The van der Waals surface area contributed by atoms with Gasteiger partial charge in [-0.1, -0.05) is 0 Å². The molecular formula is C23H29NO4S. The molecule has 0 aliphatic heterocycles. The Morgan fingerprint density at radius 3 is 2.28 bits per heavy atom. The van der Waals surface area contributed by atoms with Crippen molar-refractivity contribution in [3.63, 3.8) is 0 Å². The van der Waals surface area contributed by atoms with Crippen LogP contribution in [0.2, 0.25) is 0 Å². The molecule has 0 spiro atoms. The number of ketones is 1. The van der Waals surface area contributed by atoms with E-state index >= 15 is 0 Å². The molecule has 6 rings (SSSR count). The van der Waals surface area contributed by atoms with Gasteiger partial charge in [0.2, 0.25) is 5.91 Å². The molecule has 0 saturated heterocycles. The second-order valence-corrected chi connectivity index (χ2v) is 10.9. The van der Waals surface area contributed by atoms with Crippen LogP contribution >= 0.6 is 11.3 Å². The molecule has 1 amide bonds. The minimum Gasteiger partial charge on any atom is -0.454 e. The fourth-order valence-corrected chi connectivity index (χ4v) is 8.16. The summed E-state index contributed by atoms with van der Waals surface area (Å²) in [7, 11) is 0. The Morgan fingerprint density at radius 2 is 1.66 bits per heavy atom. The van der Waals surface area contributed by atoms with Crippen LogP contribution in [0, 0.1) is 23.2 Å². The van der Waals surface area contributed by atoms with Gasteiger partial charge in [-0.15, -0.1) is 11.3 Å². The summed E-state index contributed by atoms with van der Waals surface area (Å²) in [5.41, 5.74) is 1.25. The number of fused-ring (bicyclic) bond motifs is 1. The van der Waals surface area contributed by atoms with Crippen molar-refractivity contribution in [1.29, 1.82) is 0 Å². The van der Waals surface area contributed by atoms with Gasteiger partial charge in [-0.25, -0.2) is 4.79 Å². The first kappa shape index (κ1) is 19.3. The quantitative estimate of drug-likeness (QED) is 0.717. The number of aryl methyl sites for hydroxylation is 1. The number of thiophene rings is 1. The highest BCUT2D eigenvalue weighted by Crippen LogP contribution is 2.60. The molecule has 0 aromatic carbocycles. The molecular weight excluding hydrogens is 386 g/mol. The van der Waals surface area contributed by atoms with Gasteiger partial charge in [0.15, 0.2) is 12.4 Å². The number of nitrogens with one attached hydrogen (secondary N) is 1. The van der Waals surface area contributed by atoms with Crippen molar-refractivity contribution in [3.05, 3.63) is 16.0 Å². The van der Waals surface area contributed by atoms with E-state index in [2.05, 4.69) is 5.32 Å². The fraction of sp³-hybridized carbons (Fsp3) is 0.696. The topological polar surface area (TPSA) is 72.5 Å². The Morgan fingerprint density at radius 1 is 1.03 bits per heavy atom. The zero-order chi connectivity index (χ0) is 20.2. The van der Waals surface area contributed by atoms with E-state index in [4.69, 9.17) is 4.74 Å². The molecule has 5 aliphatic carbocycles. The lowest BCUT2D eigenvalue weighted by Gasteiger charge is -2.55. The van der Waals surface area contributed by atoms with Crippen LogP contribution in [0.3, 0.4) is 0 Å². The van der Waals surface area contributed by atoms with Crippen LogP contribution in [0.15, 0.2) is 0 Å². The standard InChI is InChI=1S/C23H29NO4S/c1-13(25)24-21-20(17-4-2-3-5-18(17)29-21)22(27)28-12-19(26)23-9-14-6-15(10-23)8-16(7-14)11-23/h14-16H,2-12H2,1H3,(H,24,25). The van der Waals surface area contributed by atoms with Gasteiger partial charge in [-0.05, 0) is 87.5 Å². The number of hydrogen-bond donors (Lipinski definition) is 1. The van der Waals surface area contributed by atoms with Gasteiger partial charge in [0, 0.05) is 17.2 Å². The van der Waals surface area contributed by atoms with E-state index in [0.29, 0.717) is 28.3 Å². The number of hydrogen-bond acceptors (Lipinski definition) is 5. The van der Waals surface area contributed by atoms with Gasteiger partial charge >= 0.3 is 5.97 Å². The molecule has 4 bridgehead atoms. The average molecular weight is 416 g/mol. The first-order chi connectivity index (χ1) is 13.9. The number of carbonyl (C=O) groups excluding carboxylic acids is 3. The van der Waals surface area contributed by atoms with E-state index in [9.17, 15) is 14.4 Å². The lowest BCUT2D eigenvalue weighted by atomic mass is 9.48. The van der Waals surface area contributed by atoms with E-state index < -0.39 is 5.97 Å². The summed E-state index contributed by atoms with van der Waals surface area (Å²) in [4.78, 5) is 39.0. The maximum absolute atomic E-state index is 13.2. The minimum atomic E-state index is -0.453. The number of amides is 1. The van der Waals surface area contributed by atoms with Crippen molar-refractivity contribution < 1.29 is 19.1 Å². The lowest BCUT2D eigenvalue weighted by molar-refractivity contribution is -0.147. The second kappa shape index (κ2) is 7.22. The van der Waals surface area contributed by atoms with Crippen molar-refractivity contribution in [2.75, 3.05) is 11.9 Å². The maximum atomic E-state index is 13.2. The molecule has 0 radical (unpaired) electrons. The molecule has 5 aliphatic rings. The third-order valence-electron chi connectivity index (χ3n) is 7.63. The molecule has 6 heteroatoms. The number of rotatable bonds is 5. The van der Waals surface area contributed by atoms with Crippen molar-refractivity contribution in [2.45, 2.75) is 71.1 Å². The fourth-order valence-electron chi connectivity index (χ4n) is 6.84. The zero-order valence-corrected chi connectivity index (χ0v) is 17.9.